The van der Waals surface area contributed by atoms with Gasteiger partial charge in [0.05, 0.1) is 43.5 Å². The molecule has 0 bridgehead atoms. The second kappa shape index (κ2) is 15.0. The van der Waals surface area contributed by atoms with Gasteiger partial charge in [-0.25, -0.2) is 0 Å². The molecule has 0 aromatic heterocycles. The molecule has 15 heteroatoms. The van der Waals surface area contributed by atoms with Crippen molar-refractivity contribution >= 4 is 6.29 Å². The molecule has 2 heterocycles. The van der Waals surface area contributed by atoms with Crippen LogP contribution in [0.25, 0.3) is 0 Å². The van der Waals surface area contributed by atoms with E-state index in [0.29, 0.717) is 38.5 Å². The van der Waals surface area contributed by atoms with Gasteiger partial charge in [-0.3, -0.25) is 0 Å². The van der Waals surface area contributed by atoms with E-state index >= 15 is 0 Å². The lowest BCUT2D eigenvalue weighted by atomic mass is 9.33. The Kier molecular flexibility index (Phi) is 11.6. The minimum Gasteiger partial charge on any atom is -0.394 e. The Bertz CT molecular complexity index is 1530. The Balaban J connectivity index is 1.15. The number of rotatable bonds is 8. The zero-order valence-electron chi connectivity index (χ0n) is 34.2. The SMILES string of the molecule is CC1(COC2OC(CO)C(O)C(O)C2O)CCC2(C)C(O)CC3(C)C(=CCC4C5(C)CCC(OC6OC(CO)C(O)C(O)C6O)C(C)(C=O)C5C(O)CC43C)C2C1. The van der Waals surface area contributed by atoms with Crippen LogP contribution < -0.4 is 0 Å². The highest BCUT2D eigenvalue weighted by molar-refractivity contribution is 5.62. The number of aliphatic hydroxyl groups is 10. The van der Waals surface area contributed by atoms with Crippen LogP contribution in [-0.4, -0.2) is 157 Å². The van der Waals surface area contributed by atoms with Crippen LogP contribution in [0, 0.1) is 50.2 Å². The van der Waals surface area contributed by atoms with Crippen LogP contribution in [0.15, 0.2) is 11.6 Å². The van der Waals surface area contributed by atoms with Gasteiger partial charge in [0.15, 0.2) is 12.6 Å². The van der Waals surface area contributed by atoms with Gasteiger partial charge in [-0.05, 0) is 84.9 Å². The first kappa shape index (κ1) is 43.9. The molecule has 7 rings (SSSR count). The van der Waals surface area contributed by atoms with Crippen LogP contribution in [-0.2, 0) is 23.7 Å². The highest BCUT2D eigenvalue weighted by Gasteiger charge is 2.72. The predicted octanol–water partition coefficient (Wildman–Crippen LogP) is -0.0897. The molecule has 0 aromatic carbocycles. The number of allylic oxidation sites excluding steroid dienone is 2. The van der Waals surface area contributed by atoms with Crippen molar-refractivity contribution in [1.82, 2.24) is 0 Å². The molecule has 0 aromatic rings. The van der Waals surface area contributed by atoms with Crippen molar-refractivity contribution in [3.63, 3.8) is 0 Å². The van der Waals surface area contributed by atoms with E-state index in [4.69, 9.17) is 18.9 Å². The highest BCUT2D eigenvalue weighted by atomic mass is 16.7. The molecule has 57 heavy (non-hydrogen) atoms. The van der Waals surface area contributed by atoms with Crippen LogP contribution in [0.2, 0.25) is 0 Å². The molecule has 0 spiro atoms. The second-order valence-electron chi connectivity index (χ2n) is 20.6. The van der Waals surface area contributed by atoms with Crippen LogP contribution in [0.3, 0.4) is 0 Å². The lowest BCUT2D eigenvalue weighted by molar-refractivity contribution is -0.331. The summed E-state index contributed by atoms with van der Waals surface area (Å²) in [4.78, 5) is 13.3. The summed E-state index contributed by atoms with van der Waals surface area (Å²) < 4.78 is 23.8. The molecule has 326 valence electrons. The first-order valence-corrected chi connectivity index (χ1v) is 21.0. The number of carbonyl (C=O) groups is 1. The van der Waals surface area contributed by atoms with Crippen molar-refractivity contribution in [3.8, 4) is 0 Å². The molecule has 22 atom stereocenters. The van der Waals surface area contributed by atoms with E-state index in [-0.39, 0.29) is 18.4 Å². The molecule has 6 fully saturated rings. The van der Waals surface area contributed by atoms with E-state index in [9.17, 15) is 55.9 Å². The van der Waals surface area contributed by atoms with E-state index in [0.717, 1.165) is 19.1 Å². The van der Waals surface area contributed by atoms with E-state index in [1.807, 2.05) is 0 Å². The summed E-state index contributed by atoms with van der Waals surface area (Å²) in [5, 5.41) is 107. The number of ether oxygens (including phenoxy) is 4. The minimum absolute atomic E-state index is 0.0145. The standard InChI is InChI=1S/C42H68O15/c1-37(19-54-35-32(52)30(50)28(48)23(16-43)55-35)11-12-38(2)21(13-37)20-7-8-25-39(3)10-9-27(57-36-33(53)31(51)29(49)24(17-44)56-36)40(4,18-45)34(39)22(46)14-42(25,6)41(20,5)15-26(38)47/h7,18,21-36,43-44,46-53H,8-17,19H2,1-6H3. The fourth-order valence-corrected chi connectivity index (χ4v) is 13.7. The lowest BCUT2D eigenvalue weighted by Gasteiger charge is -2.72. The zero-order chi connectivity index (χ0) is 41.8. The molecule has 0 amide bonds. The van der Waals surface area contributed by atoms with Gasteiger partial charge in [-0.2, -0.15) is 0 Å². The van der Waals surface area contributed by atoms with Gasteiger partial charge in [0.2, 0.25) is 0 Å². The number of aldehydes is 1. The summed E-state index contributed by atoms with van der Waals surface area (Å²) in [7, 11) is 0. The molecule has 7 aliphatic rings. The normalized spacial score (nSPS) is 57.7. The molecule has 0 radical (unpaired) electrons. The first-order valence-electron chi connectivity index (χ1n) is 21.0. The second-order valence-corrected chi connectivity index (χ2v) is 20.6. The summed E-state index contributed by atoms with van der Waals surface area (Å²) in [5.74, 6) is -0.563. The van der Waals surface area contributed by atoms with Crippen LogP contribution >= 0.6 is 0 Å². The molecule has 2 aliphatic heterocycles. The van der Waals surface area contributed by atoms with E-state index in [1.54, 1.807) is 6.92 Å². The molecule has 2 saturated heterocycles. The summed E-state index contributed by atoms with van der Waals surface area (Å²) in [6, 6.07) is 0. The van der Waals surface area contributed by atoms with Gasteiger partial charge < -0.3 is 74.8 Å². The Hall–Kier alpha value is -1.15. The van der Waals surface area contributed by atoms with Crippen molar-refractivity contribution in [2.24, 2.45) is 50.2 Å². The van der Waals surface area contributed by atoms with E-state index < -0.39 is 131 Å². The number of carbonyl (C=O) groups excluding carboxylic acids is 1. The van der Waals surface area contributed by atoms with Gasteiger partial charge >= 0.3 is 0 Å². The van der Waals surface area contributed by atoms with Gasteiger partial charge in [0, 0.05) is 11.3 Å². The Morgan fingerprint density at radius 3 is 1.93 bits per heavy atom. The first-order chi connectivity index (χ1) is 26.6. The minimum atomic E-state index is -1.63. The summed E-state index contributed by atoms with van der Waals surface area (Å²) in [6.45, 7) is 11.7. The molecular weight excluding hydrogens is 744 g/mol. The Labute approximate surface area is 335 Å². The summed E-state index contributed by atoms with van der Waals surface area (Å²) in [6.07, 6.45) is -8.74. The van der Waals surface area contributed by atoms with Crippen molar-refractivity contribution in [3.05, 3.63) is 11.6 Å². The van der Waals surface area contributed by atoms with Crippen molar-refractivity contribution < 1.29 is 74.8 Å². The Morgan fingerprint density at radius 2 is 1.33 bits per heavy atom. The van der Waals surface area contributed by atoms with Crippen molar-refractivity contribution in [1.29, 1.82) is 0 Å². The monoisotopic (exact) mass is 812 g/mol. The predicted molar refractivity (Wildman–Crippen MR) is 201 cm³/mol. The molecule has 15 nitrogen and oxygen atoms in total. The van der Waals surface area contributed by atoms with Crippen LogP contribution in [0.5, 0.6) is 0 Å². The largest absolute Gasteiger partial charge is 0.394 e. The van der Waals surface area contributed by atoms with Crippen LogP contribution in [0.1, 0.15) is 92.9 Å². The number of hydrogen-bond acceptors (Lipinski definition) is 15. The molecule has 22 unspecified atom stereocenters. The molecule has 4 saturated carbocycles. The van der Waals surface area contributed by atoms with E-state index in [2.05, 4.69) is 40.7 Å². The fourth-order valence-electron chi connectivity index (χ4n) is 13.7. The molecular formula is C42H68O15. The molecule has 10 N–H and O–H groups in total. The third-order valence-electron chi connectivity index (χ3n) is 17.4. The average molecular weight is 813 g/mol. The number of fused-ring (bicyclic) bond motifs is 7. The van der Waals surface area contributed by atoms with Gasteiger partial charge in [0.1, 0.15) is 55.1 Å². The number of hydrogen-bond donors (Lipinski definition) is 10. The lowest BCUT2D eigenvalue weighted by Crippen LogP contribution is -2.70. The summed E-state index contributed by atoms with van der Waals surface area (Å²) >= 11 is 0. The fraction of sp³-hybridized carbons (Fsp3) is 0.929. The topological polar surface area (TPSA) is 256 Å². The maximum absolute atomic E-state index is 13.3. The third-order valence-corrected chi connectivity index (χ3v) is 17.4. The van der Waals surface area contributed by atoms with Crippen molar-refractivity contribution in [2.75, 3.05) is 19.8 Å². The summed E-state index contributed by atoms with van der Waals surface area (Å²) in [5.41, 5.74) is -2.35. The molecule has 5 aliphatic carbocycles. The van der Waals surface area contributed by atoms with Crippen LogP contribution in [0.4, 0.5) is 0 Å². The van der Waals surface area contributed by atoms with Gasteiger partial charge in [0.25, 0.3) is 0 Å². The average Bonchev–Trinajstić information content (AvgIpc) is 3.16. The maximum Gasteiger partial charge on any atom is 0.187 e. The van der Waals surface area contributed by atoms with Gasteiger partial charge in [-0.15, -0.1) is 0 Å². The maximum atomic E-state index is 13.3. The zero-order valence-corrected chi connectivity index (χ0v) is 34.2. The van der Waals surface area contributed by atoms with Crippen molar-refractivity contribution in [2.45, 2.75) is 173 Å². The highest BCUT2D eigenvalue weighted by Crippen LogP contribution is 2.75. The Morgan fingerprint density at radius 1 is 0.737 bits per heavy atom. The smallest absolute Gasteiger partial charge is 0.187 e. The van der Waals surface area contributed by atoms with Gasteiger partial charge in [-0.1, -0.05) is 53.2 Å². The number of aliphatic hydroxyl groups excluding tert-OH is 10. The quantitative estimate of drug-likeness (QED) is 0.0874. The van der Waals surface area contributed by atoms with E-state index in [1.165, 1.54) is 5.57 Å². The third kappa shape index (κ3) is 6.47.